The van der Waals surface area contributed by atoms with Gasteiger partial charge in [-0.25, -0.2) is 0 Å². The van der Waals surface area contributed by atoms with E-state index < -0.39 is 0 Å². The van der Waals surface area contributed by atoms with Gasteiger partial charge in [-0.05, 0) is 62.9 Å². The second kappa shape index (κ2) is 8.46. The summed E-state index contributed by atoms with van der Waals surface area (Å²) < 4.78 is 7.05. The zero-order chi connectivity index (χ0) is 22.1. The third kappa shape index (κ3) is 4.04. The number of fused-ring (bicyclic) bond motifs is 1. The summed E-state index contributed by atoms with van der Waals surface area (Å²) in [6, 6.07) is 8.70. The lowest BCUT2D eigenvalue weighted by atomic mass is 9.75. The van der Waals surface area contributed by atoms with Crippen molar-refractivity contribution in [3.8, 4) is 11.4 Å². The van der Waals surface area contributed by atoms with E-state index in [1.54, 1.807) is 33.7 Å². The van der Waals surface area contributed by atoms with Crippen LogP contribution in [0.3, 0.4) is 0 Å². The molecule has 1 aromatic heterocycles. The van der Waals surface area contributed by atoms with Gasteiger partial charge in [0.15, 0.2) is 5.78 Å². The Bertz CT molecular complexity index is 1010. The molecular formula is C24H30N2O4. The van der Waals surface area contributed by atoms with E-state index in [1.807, 2.05) is 34.6 Å². The minimum Gasteiger partial charge on any atom is -0.494 e. The van der Waals surface area contributed by atoms with Gasteiger partial charge in [-0.2, -0.15) is 0 Å². The van der Waals surface area contributed by atoms with E-state index in [4.69, 9.17) is 4.74 Å². The van der Waals surface area contributed by atoms with Crippen molar-refractivity contribution >= 4 is 11.7 Å². The topological polar surface area (TPSA) is 68.6 Å². The van der Waals surface area contributed by atoms with Crippen molar-refractivity contribution in [2.24, 2.45) is 5.41 Å². The number of carbonyl (C=O) groups is 2. The zero-order valence-corrected chi connectivity index (χ0v) is 18.4. The molecule has 1 aromatic carbocycles. The highest BCUT2D eigenvalue weighted by atomic mass is 16.5. The SMILES string of the molecule is CCOc1ccc(-n2c3c(cc(C(=O)N(CC)CC)c2=O)C(=O)CC(C)(C)C3)cc1. The Balaban J connectivity index is 2.26. The highest BCUT2D eigenvalue weighted by Gasteiger charge is 2.35. The van der Waals surface area contributed by atoms with Gasteiger partial charge in [0, 0.05) is 36.5 Å². The van der Waals surface area contributed by atoms with Crippen LogP contribution in [0.2, 0.25) is 0 Å². The van der Waals surface area contributed by atoms with Gasteiger partial charge >= 0.3 is 0 Å². The number of aromatic nitrogens is 1. The van der Waals surface area contributed by atoms with E-state index in [1.165, 1.54) is 6.07 Å². The summed E-state index contributed by atoms with van der Waals surface area (Å²) in [5.41, 5.74) is 1.16. The molecular weight excluding hydrogens is 380 g/mol. The number of hydrogen-bond acceptors (Lipinski definition) is 4. The summed E-state index contributed by atoms with van der Waals surface area (Å²) in [6.45, 7) is 11.2. The van der Waals surface area contributed by atoms with Crippen molar-refractivity contribution in [2.45, 2.75) is 47.5 Å². The predicted octanol–water partition coefficient (Wildman–Crippen LogP) is 3.87. The fourth-order valence-corrected chi connectivity index (χ4v) is 4.08. The van der Waals surface area contributed by atoms with Crippen LogP contribution in [-0.2, 0) is 6.42 Å². The lowest BCUT2D eigenvalue weighted by Crippen LogP contribution is -2.40. The number of Topliss-reactive ketones (excluding diaryl/α,β-unsaturated/α-hetero) is 1. The van der Waals surface area contributed by atoms with Gasteiger partial charge in [0.1, 0.15) is 11.3 Å². The number of carbonyl (C=O) groups excluding carboxylic acids is 2. The summed E-state index contributed by atoms with van der Waals surface area (Å²) in [6.07, 6.45) is 0.969. The Kier molecular flexibility index (Phi) is 6.15. The number of rotatable bonds is 6. The third-order valence-corrected chi connectivity index (χ3v) is 5.58. The van der Waals surface area contributed by atoms with Crippen LogP contribution in [0.25, 0.3) is 5.69 Å². The van der Waals surface area contributed by atoms with Crippen molar-refractivity contribution in [3.05, 3.63) is 57.5 Å². The Labute approximate surface area is 177 Å². The normalized spacial score (nSPS) is 14.9. The fraction of sp³-hybridized carbons (Fsp3) is 0.458. The van der Waals surface area contributed by atoms with E-state index in [2.05, 4.69) is 0 Å². The van der Waals surface area contributed by atoms with E-state index >= 15 is 0 Å². The maximum absolute atomic E-state index is 13.5. The molecule has 0 bridgehead atoms. The summed E-state index contributed by atoms with van der Waals surface area (Å²) >= 11 is 0. The molecule has 0 spiro atoms. The summed E-state index contributed by atoms with van der Waals surface area (Å²) in [5, 5.41) is 0. The molecule has 30 heavy (non-hydrogen) atoms. The molecule has 6 heteroatoms. The smallest absolute Gasteiger partial charge is 0.268 e. The number of hydrogen-bond donors (Lipinski definition) is 0. The first-order valence-electron chi connectivity index (χ1n) is 10.6. The minimum absolute atomic E-state index is 0.0328. The molecule has 0 radical (unpaired) electrons. The van der Waals surface area contributed by atoms with E-state index in [0.29, 0.717) is 55.2 Å². The molecule has 6 nitrogen and oxygen atoms in total. The van der Waals surface area contributed by atoms with Gasteiger partial charge in [0.05, 0.1) is 6.61 Å². The third-order valence-electron chi connectivity index (χ3n) is 5.58. The molecule has 0 fully saturated rings. The zero-order valence-electron chi connectivity index (χ0n) is 18.4. The molecule has 1 heterocycles. The van der Waals surface area contributed by atoms with Gasteiger partial charge in [0.2, 0.25) is 0 Å². The number of amides is 1. The van der Waals surface area contributed by atoms with Crippen LogP contribution in [0, 0.1) is 5.41 Å². The Morgan fingerprint density at radius 1 is 1.07 bits per heavy atom. The van der Waals surface area contributed by atoms with Crippen molar-refractivity contribution in [2.75, 3.05) is 19.7 Å². The second-order valence-corrected chi connectivity index (χ2v) is 8.40. The van der Waals surface area contributed by atoms with Gasteiger partial charge < -0.3 is 9.64 Å². The van der Waals surface area contributed by atoms with Crippen molar-refractivity contribution in [1.82, 2.24) is 9.47 Å². The summed E-state index contributed by atoms with van der Waals surface area (Å²) in [5.74, 6) is 0.328. The monoisotopic (exact) mass is 410 g/mol. The van der Waals surface area contributed by atoms with E-state index in [9.17, 15) is 14.4 Å². The van der Waals surface area contributed by atoms with Crippen LogP contribution >= 0.6 is 0 Å². The first-order chi connectivity index (χ1) is 14.2. The highest BCUT2D eigenvalue weighted by Crippen LogP contribution is 2.35. The highest BCUT2D eigenvalue weighted by molar-refractivity contribution is 6.02. The maximum Gasteiger partial charge on any atom is 0.268 e. The summed E-state index contributed by atoms with van der Waals surface area (Å²) in [7, 11) is 0. The molecule has 0 N–H and O–H groups in total. The Morgan fingerprint density at radius 3 is 2.27 bits per heavy atom. The second-order valence-electron chi connectivity index (χ2n) is 8.40. The van der Waals surface area contributed by atoms with Crippen LogP contribution in [-0.4, -0.2) is 40.9 Å². The Hall–Kier alpha value is -2.89. The average Bonchev–Trinajstić information content (AvgIpc) is 2.69. The van der Waals surface area contributed by atoms with Crippen LogP contribution in [0.4, 0.5) is 0 Å². The molecule has 160 valence electrons. The lowest BCUT2D eigenvalue weighted by molar-refractivity contribution is 0.0770. The van der Waals surface area contributed by atoms with Gasteiger partial charge in [0.25, 0.3) is 11.5 Å². The van der Waals surface area contributed by atoms with Crippen LogP contribution < -0.4 is 10.3 Å². The lowest BCUT2D eigenvalue weighted by Gasteiger charge is -2.32. The molecule has 1 aliphatic carbocycles. The number of pyridine rings is 1. The van der Waals surface area contributed by atoms with E-state index in [0.717, 1.165) is 0 Å². The van der Waals surface area contributed by atoms with Crippen LogP contribution in [0.1, 0.15) is 67.4 Å². The van der Waals surface area contributed by atoms with Crippen molar-refractivity contribution in [1.29, 1.82) is 0 Å². The average molecular weight is 411 g/mol. The minimum atomic E-state index is -0.389. The maximum atomic E-state index is 13.5. The number of benzene rings is 1. The first kappa shape index (κ1) is 21.8. The van der Waals surface area contributed by atoms with Crippen molar-refractivity contribution < 1.29 is 14.3 Å². The van der Waals surface area contributed by atoms with Gasteiger partial charge in [-0.15, -0.1) is 0 Å². The Morgan fingerprint density at radius 2 is 1.70 bits per heavy atom. The quantitative estimate of drug-likeness (QED) is 0.725. The molecule has 0 aliphatic heterocycles. The first-order valence-corrected chi connectivity index (χ1v) is 10.6. The molecule has 0 saturated heterocycles. The standard InChI is InChI=1S/C24H30N2O4/c1-6-25(7-2)22(28)19-13-18-20(14-24(4,5)15-21(18)27)26(23(19)29)16-9-11-17(12-10-16)30-8-3/h9-13H,6-8,14-15H2,1-5H3. The van der Waals surface area contributed by atoms with Crippen molar-refractivity contribution in [3.63, 3.8) is 0 Å². The molecule has 0 unspecified atom stereocenters. The molecule has 2 aromatic rings. The fourth-order valence-electron chi connectivity index (χ4n) is 4.08. The molecule has 0 saturated carbocycles. The molecule has 3 rings (SSSR count). The summed E-state index contributed by atoms with van der Waals surface area (Å²) in [4.78, 5) is 41.1. The molecule has 1 aliphatic rings. The number of ketones is 1. The largest absolute Gasteiger partial charge is 0.494 e. The van der Waals surface area contributed by atoms with Crippen LogP contribution in [0.5, 0.6) is 5.75 Å². The number of ether oxygens (including phenoxy) is 1. The number of nitrogens with zero attached hydrogens (tertiary/aromatic N) is 2. The molecule has 1 amide bonds. The van der Waals surface area contributed by atoms with Gasteiger partial charge in [-0.1, -0.05) is 13.8 Å². The van der Waals surface area contributed by atoms with Gasteiger partial charge in [-0.3, -0.25) is 19.0 Å². The van der Waals surface area contributed by atoms with E-state index in [-0.39, 0.29) is 28.2 Å². The molecule has 0 atom stereocenters. The predicted molar refractivity (Wildman–Crippen MR) is 117 cm³/mol. The van der Waals surface area contributed by atoms with Crippen LogP contribution in [0.15, 0.2) is 35.1 Å².